The number of hydrogen-bond acceptors (Lipinski definition) is 4. The van der Waals surface area contributed by atoms with Gasteiger partial charge in [-0.3, -0.25) is 9.89 Å². The molecule has 1 amide bonds. The van der Waals surface area contributed by atoms with E-state index in [0.717, 1.165) is 24.6 Å². The molecule has 5 nitrogen and oxygen atoms in total. The molecule has 134 valence electrons. The van der Waals surface area contributed by atoms with Gasteiger partial charge < -0.3 is 5.32 Å². The average Bonchev–Trinajstić information content (AvgIpc) is 3.26. The van der Waals surface area contributed by atoms with E-state index in [2.05, 4.69) is 20.5 Å². The Kier molecular flexibility index (Phi) is 6.31. The monoisotopic (exact) mass is 382 g/mol. The molecule has 1 aliphatic carbocycles. The molecule has 8 heteroatoms. The summed E-state index contributed by atoms with van der Waals surface area (Å²) in [6.45, 7) is 0. The molecule has 0 radical (unpaired) electrons. The Bertz CT molecular complexity index is 733. The lowest BCUT2D eigenvalue weighted by atomic mass is 10.0. The van der Waals surface area contributed by atoms with Gasteiger partial charge in [-0.05, 0) is 30.5 Å². The van der Waals surface area contributed by atoms with Crippen molar-refractivity contribution < 1.29 is 9.18 Å². The first-order chi connectivity index (χ1) is 12.1. The minimum atomic E-state index is -0.519. The van der Waals surface area contributed by atoms with E-state index in [9.17, 15) is 9.18 Å². The first-order valence-corrected chi connectivity index (χ1v) is 9.75. The molecule has 0 unspecified atom stereocenters. The zero-order chi connectivity index (χ0) is 17.6. The van der Waals surface area contributed by atoms with Crippen LogP contribution in [-0.2, 0) is 11.2 Å². The van der Waals surface area contributed by atoms with Gasteiger partial charge in [0, 0.05) is 11.4 Å². The molecule has 1 heterocycles. The van der Waals surface area contributed by atoms with Gasteiger partial charge in [-0.25, -0.2) is 9.37 Å². The molecule has 2 N–H and O–H groups in total. The normalized spacial score (nSPS) is 14.8. The van der Waals surface area contributed by atoms with Crippen molar-refractivity contribution in [2.45, 2.75) is 43.7 Å². The number of benzene rings is 1. The predicted molar refractivity (Wildman–Crippen MR) is 97.4 cm³/mol. The number of anilines is 1. The van der Waals surface area contributed by atoms with Crippen molar-refractivity contribution in [1.82, 2.24) is 15.2 Å². The van der Waals surface area contributed by atoms with Gasteiger partial charge in [0.1, 0.15) is 11.6 Å². The van der Waals surface area contributed by atoms with E-state index in [1.165, 1.54) is 55.6 Å². The molecule has 0 spiro atoms. The summed E-state index contributed by atoms with van der Waals surface area (Å²) >= 11 is 7.02. The second-order valence-electron chi connectivity index (χ2n) is 6.21. The van der Waals surface area contributed by atoms with Crippen LogP contribution in [0.2, 0.25) is 5.02 Å². The van der Waals surface area contributed by atoms with Crippen LogP contribution in [0.25, 0.3) is 0 Å². The van der Waals surface area contributed by atoms with Crippen LogP contribution in [-0.4, -0.2) is 26.8 Å². The Morgan fingerprint density at radius 1 is 1.40 bits per heavy atom. The maximum Gasteiger partial charge on any atom is 0.234 e. The summed E-state index contributed by atoms with van der Waals surface area (Å²) < 4.78 is 13.6. The minimum absolute atomic E-state index is 0.0744. The van der Waals surface area contributed by atoms with Gasteiger partial charge in [-0.15, -0.1) is 5.10 Å². The number of carbonyl (C=O) groups is 1. The lowest BCUT2D eigenvalue weighted by Crippen LogP contribution is -2.15. The highest BCUT2D eigenvalue weighted by molar-refractivity contribution is 7.99. The zero-order valence-electron chi connectivity index (χ0n) is 13.7. The van der Waals surface area contributed by atoms with Crippen LogP contribution in [0.1, 0.15) is 37.9 Å². The fraction of sp³-hybridized carbons (Fsp3) is 0.471. The highest BCUT2D eigenvalue weighted by Crippen LogP contribution is 2.28. The second-order valence-corrected chi connectivity index (χ2v) is 7.59. The number of nitrogens with zero attached hydrogens (tertiary/aromatic N) is 2. The highest BCUT2D eigenvalue weighted by Gasteiger charge is 2.16. The molecule has 0 aliphatic heterocycles. The number of aromatic amines is 1. The summed E-state index contributed by atoms with van der Waals surface area (Å²) in [6, 6.07) is 4.03. The van der Waals surface area contributed by atoms with Gasteiger partial charge in [-0.2, -0.15) is 0 Å². The first kappa shape index (κ1) is 18.2. The van der Waals surface area contributed by atoms with Crippen LogP contribution in [0, 0.1) is 11.7 Å². The van der Waals surface area contributed by atoms with Crippen molar-refractivity contribution in [2.75, 3.05) is 11.1 Å². The van der Waals surface area contributed by atoms with Crippen LogP contribution in [0.3, 0.4) is 0 Å². The maximum absolute atomic E-state index is 13.6. The average molecular weight is 383 g/mol. The largest absolute Gasteiger partial charge is 0.323 e. The van der Waals surface area contributed by atoms with Crippen LogP contribution in [0.4, 0.5) is 10.1 Å². The molecule has 0 atom stereocenters. The van der Waals surface area contributed by atoms with Gasteiger partial charge in [0.25, 0.3) is 0 Å². The van der Waals surface area contributed by atoms with E-state index >= 15 is 0 Å². The molecule has 1 fully saturated rings. The summed E-state index contributed by atoms with van der Waals surface area (Å²) in [5.74, 6) is 0.917. The number of rotatable bonds is 7. The number of nitrogens with one attached hydrogen (secondary N) is 2. The Balaban J connectivity index is 1.45. The Labute approximate surface area is 155 Å². The third-order valence-corrected chi connectivity index (χ3v) is 5.39. The van der Waals surface area contributed by atoms with Crippen molar-refractivity contribution in [3.63, 3.8) is 0 Å². The van der Waals surface area contributed by atoms with E-state index in [1.54, 1.807) is 0 Å². The first-order valence-electron chi connectivity index (χ1n) is 8.39. The van der Waals surface area contributed by atoms with E-state index < -0.39 is 5.82 Å². The topological polar surface area (TPSA) is 70.7 Å². The third kappa shape index (κ3) is 5.44. The SMILES string of the molecule is O=C(CSc1n[nH]c(CCC2CCCC2)n1)Nc1cc(Cl)ccc1F. The number of H-pyrrole nitrogens is 1. The van der Waals surface area contributed by atoms with Crippen LogP contribution < -0.4 is 5.32 Å². The van der Waals surface area contributed by atoms with E-state index in [-0.39, 0.29) is 17.3 Å². The third-order valence-electron chi connectivity index (χ3n) is 4.31. The fourth-order valence-corrected chi connectivity index (χ4v) is 3.79. The van der Waals surface area contributed by atoms with Crippen molar-refractivity contribution in [3.8, 4) is 0 Å². The number of aromatic nitrogens is 3. The molecule has 1 aromatic heterocycles. The van der Waals surface area contributed by atoms with E-state index in [4.69, 9.17) is 11.6 Å². The predicted octanol–water partition coefficient (Wildman–Crippen LogP) is 4.45. The molecule has 1 saturated carbocycles. The Hall–Kier alpha value is -1.60. The van der Waals surface area contributed by atoms with E-state index in [0.29, 0.717) is 10.2 Å². The van der Waals surface area contributed by atoms with Gasteiger partial charge in [-0.1, -0.05) is 49.0 Å². The molecular weight excluding hydrogens is 363 g/mol. The van der Waals surface area contributed by atoms with Crippen molar-refractivity contribution in [1.29, 1.82) is 0 Å². The van der Waals surface area contributed by atoms with Crippen LogP contribution >= 0.6 is 23.4 Å². The molecule has 0 saturated heterocycles. The number of hydrogen-bond donors (Lipinski definition) is 2. The zero-order valence-corrected chi connectivity index (χ0v) is 15.3. The standard InChI is InChI=1S/C17H20ClFN4OS/c18-12-6-7-13(19)14(9-12)20-16(24)10-25-17-21-15(22-23-17)8-5-11-3-1-2-4-11/h6-7,9,11H,1-5,8,10H2,(H,20,24)(H,21,22,23). The van der Waals surface area contributed by atoms with Gasteiger partial charge in [0.15, 0.2) is 0 Å². The van der Waals surface area contributed by atoms with Gasteiger partial charge >= 0.3 is 0 Å². The number of aryl methyl sites for hydroxylation is 1. The van der Waals surface area contributed by atoms with Crippen LogP contribution in [0.15, 0.2) is 23.4 Å². The van der Waals surface area contributed by atoms with Crippen LogP contribution in [0.5, 0.6) is 0 Å². The fourth-order valence-electron chi connectivity index (χ4n) is 3.00. The summed E-state index contributed by atoms with van der Waals surface area (Å²) in [7, 11) is 0. The molecule has 0 bridgehead atoms. The Morgan fingerprint density at radius 3 is 3.00 bits per heavy atom. The molecular formula is C17H20ClFN4OS. The summed E-state index contributed by atoms with van der Waals surface area (Å²) in [6.07, 6.45) is 7.33. The molecule has 1 aromatic carbocycles. The quantitative estimate of drug-likeness (QED) is 0.694. The number of thioether (sulfide) groups is 1. The summed E-state index contributed by atoms with van der Waals surface area (Å²) in [5, 5.41) is 10.5. The summed E-state index contributed by atoms with van der Waals surface area (Å²) in [4.78, 5) is 16.4. The van der Waals surface area contributed by atoms with E-state index in [1.807, 2.05) is 0 Å². The number of carbonyl (C=O) groups excluding carboxylic acids is 1. The van der Waals surface area contributed by atoms with Crippen molar-refractivity contribution >= 4 is 35.0 Å². The molecule has 1 aliphatic rings. The van der Waals surface area contributed by atoms with Gasteiger partial charge in [0.2, 0.25) is 11.1 Å². The maximum atomic E-state index is 13.6. The minimum Gasteiger partial charge on any atom is -0.323 e. The second kappa shape index (κ2) is 8.67. The Morgan fingerprint density at radius 2 is 2.20 bits per heavy atom. The highest BCUT2D eigenvalue weighted by atomic mass is 35.5. The van der Waals surface area contributed by atoms with Crippen molar-refractivity contribution in [2.24, 2.45) is 5.92 Å². The smallest absolute Gasteiger partial charge is 0.234 e. The molecule has 25 heavy (non-hydrogen) atoms. The molecule has 3 rings (SSSR count). The van der Waals surface area contributed by atoms with Crippen molar-refractivity contribution in [3.05, 3.63) is 34.9 Å². The number of halogens is 2. The number of amides is 1. The molecule has 2 aromatic rings. The van der Waals surface area contributed by atoms with Gasteiger partial charge in [0.05, 0.1) is 11.4 Å². The lowest BCUT2D eigenvalue weighted by molar-refractivity contribution is -0.113. The lowest BCUT2D eigenvalue weighted by Gasteiger charge is -2.06. The summed E-state index contributed by atoms with van der Waals surface area (Å²) in [5.41, 5.74) is 0.0744.